The molecule has 0 unspecified atom stereocenters. The molecule has 0 heterocycles. The smallest absolute Gasteiger partial charge is 0.209 e. The highest BCUT2D eigenvalue weighted by Gasteiger charge is 2.25. The Balaban J connectivity index is 1.76. The number of hydrogen-bond acceptors (Lipinski definition) is 1. The van der Waals surface area contributed by atoms with E-state index >= 15 is 0 Å². The van der Waals surface area contributed by atoms with Crippen molar-refractivity contribution in [3.05, 3.63) is 132 Å². The van der Waals surface area contributed by atoms with E-state index in [9.17, 15) is 0 Å². The molecule has 0 aliphatic heterocycles. The van der Waals surface area contributed by atoms with Crippen LogP contribution in [0.1, 0.15) is 11.1 Å². The first kappa shape index (κ1) is 18.4. The van der Waals surface area contributed by atoms with Crippen molar-refractivity contribution in [1.82, 2.24) is 4.57 Å². The molecule has 2 heteroatoms. The van der Waals surface area contributed by atoms with E-state index in [0.29, 0.717) is 0 Å². The summed E-state index contributed by atoms with van der Waals surface area (Å²) in [6.07, 6.45) is 0. The van der Waals surface area contributed by atoms with Crippen molar-refractivity contribution in [1.29, 1.82) is 0 Å². The maximum absolute atomic E-state index is 2.67. The summed E-state index contributed by atoms with van der Waals surface area (Å²) in [6, 6.07) is 43.6. The summed E-state index contributed by atoms with van der Waals surface area (Å²) in [5.41, 5.74) is 2.71. The SMILES string of the molecule is c1ccc(CN(Cc2ccccc2)[Si](c2ccccc2)c2ccccc2)cc1. The molecule has 0 atom stereocenters. The molecular formula is C26H24NSi. The molecule has 1 nitrogen and oxygen atoms in total. The van der Waals surface area contributed by atoms with Crippen molar-refractivity contribution in [3.8, 4) is 0 Å². The zero-order valence-corrected chi connectivity index (χ0v) is 16.9. The van der Waals surface area contributed by atoms with Gasteiger partial charge >= 0.3 is 0 Å². The van der Waals surface area contributed by atoms with Crippen LogP contribution in [0.5, 0.6) is 0 Å². The zero-order valence-electron chi connectivity index (χ0n) is 15.9. The molecule has 0 saturated carbocycles. The second-order valence-corrected chi connectivity index (χ2v) is 9.39. The molecule has 0 fully saturated rings. The third-order valence-electron chi connectivity index (χ3n) is 4.84. The fourth-order valence-electron chi connectivity index (χ4n) is 3.55. The van der Waals surface area contributed by atoms with Gasteiger partial charge in [-0.2, -0.15) is 0 Å². The first-order chi connectivity index (χ1) is 13.9. The lowest BCUT2D eigenvalue weighted by molar-refractivity contribution is 0.430. The summed E-state index contributed by atoms with van der Waals surface area (Å²) in [7, 11) is -1.10. The van der Waals surface area contributed by atoms with E-state index in [-0.39, 0.29) is 0 Å². The molecule has 0 bridgehead atoms. The molecular weight excluding hydrogens is 354 g/mol. The van der Waals surface area contributed by atoms with Crippen LogP contribution < -0.4 is 10.4 Å². The Kier molecular flexibility index (Phi) is 6.13. The molecule has 0 N–H and O–H groups in total. The highest BCUT2D eigenvalue weighted by atomic mass is 28.3. The maximum atomic E-state index is 2.67. The second kappa shape index (κ2) is 9.31. The molecule has 4 aromatic carbocycles. The van der Waals surface area contributed by atoms with E-state index in [1.807, 2.05) is 0 Å². The normalized spacial score (nSPS) is 11.1. The van der Waals surface area contributed by atoms with Crippen molar-refractivity contribution < 1.29 is 0 Å². The zero-order chi connectivity index (χ0) is 19.0. The molecule has 4 aromatic rings. The largest absolute Gasteiger partial charge is 0.309 e. The van der Waals surface area contributed by atoms with E-state index in [4.69, 9.17) is 0 Å². The van der Waals surface area contributed by atoms with Crippen molar-refractivity contribution in [2.24, 2.45) is 0 Å². The standard InChI is InChI=1S/C26H24NSi/c1-5-13-23(14-6-1)21-27(22-24-15-7-2-8-16-24)28(25-17-9-3-10-18-25)26-19-11-4-12-20-26/h1-20H,21-22H2. The van der Waals surface area contributed by atoms with Crippen LogP contribution in [0.3, 0.4) is 0 Å². The quantitative estimate of drug-likeness (QED) is 0.428. The van der Waals surface area contributed by atoms with Gasteiger partial charge in [-0.05, 0) is 21.5 Å². The molecule has 0 amide bonds. The van der Waals surface area contributed by atoms with Crippen LogP contribution in [0.2, 0.25) is 0 Å². The summed E-state index contributed by atoms with van der Waals surface area (Å²) in [6.45, 7) is 1.88. The van der Waals surface area contributed by atoms with E-state index in [1.54, 1.807) is 0 Å². The summed E-state index contributed by atoms with van der Waals surface area (Å²) in [5, 5.41) is 2.84. The lowest BCUT2D eigenvalue weighted by Crippen LogP contribution is -2.55. The predicted molar refractivity (Wildman–Crippen MR) is 120 cm³/mol. The minimum Gasteiger partial charge on any atom is -0.309 e. The van der Waals surface area contributed by atoms with Gasteiger partial charge in [0, 0.05) is 13.1 Å². The van der Waals surface area contributed by atoms with Gasteiger partial charge in [-0.1, -0.05) is 121 Å². The minimum absolute atomic E-state index is 0.938. The summed E-state index contributed by atoms with van der Waals surface area (Å²) in [4.78, 5) is 0. The number of rotatable bonds is 7. The second-order valence-electron chi connectivity index (χ2n) is 6.91. The number of benzene rings is 4. The van der Waals surface area contributed by atoms with E-state index < -0.39 is 8.96 Å². The van der Waals surface area contributed by atoms with Crippen molar-refractivity contribution in [2.45, 2.75) is 13.1 Å². The fraction of sp³-hybridized carbons (Fsp3) is 0.0769. The van der Waals surface area contributed by atoms with Gasteiger partial charge in [-0.25, -0.2) is 0 Å². The molecule has 4 rings (SSSR count). The fourth-order valence-corrected chi connectivity index (χ4v) is 6.31. The van der Waals surface area contributed by atoms with E-state index in [2.05, 4.69) is 126 Å². The average molecular weight is 379 g/mol. The lowest BCUT2D eigenvalue weighted by atomic mass is 10.2. The molecule has 0 saturated heterocycles. The first-order valence-electron chi connectivity index (χ1n) is 9.71. The van der Waals surface area contributed by atoms with E-state index in [0.717, 1.165) is 13.1 Å². The van der Waals surface area contributed by atoms with Gasteiger partial charge in [0.25, 0.3) is 0 Å². The van der Waals surface area contributed by atoms with Gasteiger partial charge in [0.15, 0.2) is 0 Å². The molecule has 0 spiro atoms. The summed E-state index contributed by atoms with van der Waals surface area (Å²) in [5.74, 6) is 0. The third-order valence-corrected chi connectivity index (χ3v) is 7.55. The van der Waals surface area contributed by atoms with Gasteiger partial charge in [0.2, 0.25) is 8.96 Å². The Morgan fingerprint density at radius 2 is 0.750 bits per heavy atom. The third kappa shape index (κ3) is 4.66. The Hall–Kier alpha value is -2.94. The highest BCUT2D eigenvalue weighted by Crippen LogP contribution is 2.13. The predicted octanol–water partition coefficient (Wildman–Crippen LogP) is 4.49. The van der Waals surface area contributed by atoms with Gasteiger partial charge in [0.1, 0.15) is 0 Å². The maximum Gasteiger partial charge on any atom is 0.209 e. The monoisotopic (exact) mass is 378 g/mol. The Morgan fingerprint density at radius 3 is 1.11 bits per heavy atom. The molecule has 0 aliphatic carbocycles. The highest BCUT2D eigenvalue weighted by molar-refractivity contribution is 6.82. The minimum atomic E-state index is -1.10. The molecule has 0 aromatic heterocycles. The topological polar surface area (TPSA) is 3.24 Å². The molecule has 137 valence electrons. The van der Waals surface area contributed by atoms with Crippen LogP contribution in [0, 0.1) is 0 Å². The van der Waals surface area contributed by atoms with Crippen LogP contribution in [-0.2, 0) is 13.1 Å². The van der Waals surface area contributed by atoms with Crippen LogP contribution in [0.15, 0.2) is 121 Å². The van der Waals surface area contributed by atoms with Crippen LogP contribution >= 0.6 is 0 Å². The van der Waals surface area contributed by atoms with Crippen molar-refractivity contribution in [2.75, 3.05) is 0 Å². The Labute approximate surface area is 169 Å². The lowest BCUT2D eigenvalue weighted by Gasteiger charge is -2.31. The van der Waals surface area contributed by atoms with Crippen LogP contribution in [-0.4, -0.2) is 13.5 Å². The number of hydrogen-bond donors (Lipinski definition) is 0. The summed E-state index contributed by atoms with van der Waals surface area (Å²) >= 11 is 0. The first-order valence-corrected chi connectivity index (χ1v) is 11.2. The average Bonchev–Trinajstić information content (AvgIpc) is 2.77. The molecule has 1 radical (unpaired) electrons. The van der Waals surface area contributed by atoms with E-state index in [1.165, 1.54) is 21.5 Å². The Morgan fingerprint density at radius 1 is 0.429 bits per heavy atom. The van der Waals surface area contributed by atoms with Crippen molar-refractivity contribution in [3.63, 3.8) is 0 Å². The van der Waals surface area contributed by atoms with Gasteiger partial charge < -0.3 is 4.57 Å². The molecule has 28 heavy (non-hydrogen) atoms. The van der Waals surface area contributed by atoms with Crippen LogP contribution in [0.25, 0.3) is 0 Å². The molecule has 0 aliphatic rings. The van der Waals surface area contributed by atoms with Crippen molar-refractivity contribution >= 4 is 19.3 Å². The van der Waals surface area contributed by atoms with Gasteiger partial charge in [-0.15, -0.1) is 0 Å². The Bertz CT molecular complexity index is 875. The van der Waals surface area contributed by atoms with Crippen LogP contribution in [0.4, 0.5) is 0 Å². The van der Waals surface area contributed by atoms with Gasteiger partial charge in [0.05, 0.1) is 0 Å². The summed E-state index contributed by atoms with van der Waals surface area (Å²) < 4.78 is 2.67. The number of nitrogens with zero attached hydrogens (tertiary/aromatic N) is 1. The van der Waals surface area contributed by atoms with Gasteiger partial charge in [-0.3, -0.25) is 0 Å².